The SMILES string of the molecule is Cc1ccc(NC(=O)C2CCCN2)cc1S(=O)(=O)Nc1ccc(Cl)cc1.Cl. The van der Waals surface area contributed by atoms with Gasteiger partial charge in [0.2, 0.25) is 5.91 Å². The predicted molar refractivity (Wildman–Crippen MR) is 110 cm³/mol. The zero-order chi connectivity index (χ0) is 18.7. The Hall–Kier alpha value is -1.80. The van der Waals surface area contributed by atoms with Gasteiger partial charge in [0.15, 0.2) is 0 Å². The van der Waals surface area contributed by atoms with Crippen molar-refractivity contribution in [3.05, 3.63) is 53.1 Å². The van der Waals surface area contributed by atoms with Crippen LogP contribution in [0.15, 0.2) is 47.4 Å². The number of carbonyl (C=O) groups excluding carboxylic acids is 1. The van der Waals surface area contributed by atoms with Gasteiger partial charge in [0, 0.05) is 16.4 Å². The summed E-state index contributed by atoms with van der Waals surface area (Å²) in [5.41, 5.74) is 1.45. The fourth-order valence-electron chi connectivity index (χ4n) is 2.83. The van der Waals surface area contributed by atoms with Gasteiger partial charge in [-0.25, -0.2) is 8.42 Å². The molecule has 0 bridgehead atoms. The second-order valence-corrected chi connectivity index (χ2v) is 8.32. The molecule has 0 radical (unpaired) electrons. The van der Waals surface area contributed by atoms with E-state index in [1.807, 2.05) is 0 Å². The fourth-order valence-corrected chi connectivity index (χ4v) is 4.29. The molecular weight excluding hydrogens is 409 g/mol. The number of carbonyl (C=O) groups is 1. The summed E-state index contributed by atoms with van der Waals surface area (Å²) in [6, 6.07) is 11.0. The molecule has 27 heavy (non-hydrogen) atoms. The predicted octanol–water partition coefficient (Wildman–Crippen LogP) is 3.56. The van der Waals surface area contributed by atoms with E-state index >= 15 is 0 Å². The number of nitrogens with one attached hydrogen (secondary N) is 3. The Morgan fingerprint density at radius 2 is 1.81 bits per heavy atom. The second-order valence-electron chi connectivity index (χ2n) is 6.23. The van der Waals surface area contributed by atoms with Crippen LogP contribution in [0.2, 0.25) is 5.02 Å². The van der Waals surface area contributed by atoms with Gasteiger partial charge in [0.05, 0.1) is 10.9 Å². The summed E-state index contributed by atoms with van der Waals surface area (Å²) in [4.78, 5) is 12.3. The zero-order valence-corrected chi connectivity index (χ0v) is 17.0. The maximum absolute atomic E-state index is 12.7. The van der Waals surface area contributed by atoms with Crippen molar-refractivity contribution in [1.82, 2.24) is 5.32 Å². The molecule has 1 saturated heterocycles. The van der Waals surface area contributed by atoms with Crippen molar-refractivity contribution >= 4 is 51.3 Å². The first-order valence-electron chi connectivity index (χ1n) is 8.28. The van der Waals surface area contributed by atoms with Crippen LogP contribution < -0.4 is 15.4 Å². The molecule has 2 aromatic rings. The molecule has 1 aliphatic rings. The van der Waals surface area contributed by atoms with Gasteiger partial charge in [-0.1, -0.05) is 17.7 Å². The van der Waals surface area contributed by atoms with Gasteiger partial charge < -0.3 is 10.6 Å². The summed E-state index contributed by atoms with van der Waals surface area (Å²) in [5, 5.41) is 6.42. The Labute approximate surface area is 170 Å². The average molecular weight is 430 g/mol. The Balaban J connectivity index is 0.00000261. The molecule has 0 saturated carbocycles. The molecule has 0 spiro atoms. The standard InChI is InChI=1S/C18H20ClN3O3S.ClH/c1-12-4-7-15(21-18(23)16-3-2-10-20-16)11-17(12)26(24,25)22-14-8-5-13(19)6-9-14;/h4-9,11,16,20,22H,2-3,10H2,1H3,(H,21,23);1H. The molecular formula is C18H21Cl2N3O3S. The molecule has 1 heterocycles. The highest BCUT2D eigenvalue weighted by molar-refractivity contribution is 7.92. The van der Waals surface area contributed by atoms with Crippen molar-refractivity contribution in [3.8, 4) is 0 Å². The van der Waals surface area contributed by atoms with Crippen molar-refractivity contribution in [3.63, 3.8) is 0 Å². The first-order chi connectivity index (χ1) is 12.3. The fraction of sp³-hybridized carbons (Fsp3) is 0.278. The van der Waals surface area contributed by atoms with E-state index in [4.69, 9.17) is 11.6 Å². The van der Waals surface area contributed by atoms with E-state index in [-0.39, 0.29) is 29.3 Å². The molecule has 1 atom stereocenters. The van der Waals surface area contributed by atoms with E-state index in [2.05, 4.69) is 15.4 Å². The van der Waals surface area contributed by atoms with Crippen LogP contribution in [0.25, 0.3) is 0 Å². The van der Waals surface area contributed by atoms with Crippen molar-refractivity contribution in [2.75, 3.05) is 16.6 Å². The van der Waals surface area contributed by atoms with Gasteiger partial charge in [0.25, 0.3) is 10.0 Å². The minimum atomic E-state index is -3.79. The van der Waals surface area contributed by atoms with Gasteiger partial charge in [-0.05, 0) is 68.3 Å². The van der Waals surface area contributed by atoms with E-state index in [0.29, 0.717) is 22.0 Å². The normalized spacial score (nSPS) is 16.4. The van der Waals surface area contributed by atoms with E-state index in [0.717, 1.165) is 19.4 Å². The molecule has 6 nitrogen and oxygen atoms in total. The van der Waals surface area contributed by atoms with Gasteiger partial charge >= 0.3 is 0 Å². The van der Waals surface area contributed by atoms with Crippen LogP contribution in [0.5, 0.6) is 0 Å². The van der Waals surface area contributed by atoms with Crippen molar-refractivity contribution in [2.45, 2.75) is 30.7 Å². The highest BCUT2D eigenvalue weighted by atomic mass is 35.5. The molecule has 2 aromatic carbocycles. The molecule has 1 fully saturated rings. The lowest BCUT2D eigenvalue weighted by Crippen LogP contribution is -2.35. The number of benzene rings is 2. The first-order valence-corrected chi connectivity index (χ1v) is 10.1. The monoisotopic (exact) mass is 429 g/mol. The average Bonchev–Trinajstić information content (AvgIpc) is 3.13. The van der Waals surface area contributed by atoms with Gasteiger partial charge in [0.1, 0.15) is 0 Å². The molecule has 1 amide bonds. The maximum atomic E-state index is 12.7. The number of hydrogen-bond donors (Lipinski definition) is 3. The van der Waals surface area contributed by atoms with Crippen LogP contribution in [0.1, 0.15) is 18.4 Å². The Bertz CT molecular complexity index is 912. The summed E-state index contributed by atoms with van der Waals surface area (Å²) in [5.74, 6) is -0.152. The van der Waals surface area contributed by atoms with Gasteiger partial charge in [-0.2, -0.15) is 0 Å². The lowest BCUT2D eigenvalue weighted by atomic mass is 10.2. The van der Waals surface area contributed by atoms with Crippen molar-refractivity contribution in [1.29, 1.82) is 0 Å². The van der Waals surface area contributed by atoms with E-state index in [9.17, 15) is 13.2 Å². The first kappa shape index (κ1) is 21.5. The summed E-state index contributed by atoms with van der Waals surface area (Å²) in [7, 11) is -3.79. The molecule has 0 aliphatic carbocycles. The van der Waals surface area contributed by atoms with Crippen LogP contribution >= 0.6 is 24.0 Å². The molecule has 9 heteroatoms. The Morgan fingerprint density at radius 3 is 2.44 bits per heavy atom. The van der Waals surface area contributed by atoms with E-state index in [1.165, 1.54) is 6.07 Å². The molecule has 0 aromatic heterocycles. The molecule has 1 unspecified atom stereocenters. The number of aryl methyl sites for hydroxylation is 1. The molecule has 3 rings (SSSR count). The van der Waals surface area contributed by atoms with E-state index < -0.39 is 10.0 Å². The largest absolute Gasteiger partial charge is 0.325 e. The third kappa shape index (κ3) is 5.35. The highest BCUT2D eigenvalue weighted by Crippen LogP contribution is 2.24. The third-order valence-electron chi connectivity index (χ3n) is 4.22. The highest BCUT2D eigenvalue weighted by Gasteiger charge is 2.23. The Kier molecular flexibility index (Phi) is 7.11. The number of halogens is 2. The summed E-state index contributed by atoms with van der Waals surface area (Å²) >= 11 is 5.83. The van der Waals surface area contributed by atoms with Crippen LogP contribution in [-0.4, -0.2) is 26.9 Å². The van der Waals surface area contributed by atoms with Gasteiger partial charge in [-0.15, -0.1) is 12.4 Å². The molecule has 1 aliphatic heterocycles. The van der Waals surface area contributed by atoms with Crippen molar-refractivity contribution < 1.29 is 13.2 Å². The van der Waals surface area contributed by atoms with Crippen LogP contribution in [0.4, 0.5) is 11.4 Å². The van der Waals surface area contributed by atoms with Crippen LogP contribution in [-0.2, 0) is 14.8 Å². The molecule has 3 N–H and O–H groups in total. The van der Waals surface area contributed by atoms with Crippen LogP contribution in [0, 0.1) is 6.92 Å². The number of hydrogen-bond acceptors (Lipinski definition) is 4. The van der Waals surface area contributed by atoms with Crippen LogP contribution in [0.3, 0.4) is 0 Å². The number of anilines is 2. The third-order valence-corrected chi connectivity index (χ3v) is 5.99. The zero-order valence-electron chi connectivity index (χ0n) is 14.7. The minimum absolute atomic E-state index is 0. The van der Waals surface area contributed by atoms with E-state index in [1.54, 1.807) is 43.3 Å². The summed E-state index contributed by atoms with van der Waals surface area (Å²) in [6.45, 7) is 2.52. The quantitative estimate of drug-likeness (QED) is 0.677. The summed E-state index contributed by atoms with van der Waals surface area (Å²) in [6.07, 6.45) is 1.73. The minimum Gasteiger partial charge on any atom is -0.325 e. The summed E-state index contributed by atoms with van der Waals surface area (Å²) < 4.78 is 28.0. The maximum Gasteiger partial charge on any atom is 0.262 e. The smallest absolute Gasteiger partial charge is 0.262 e. The Morgan fingerprint density at radius 1 is 1.15 bits per heavy atom. The van der Waals surface area contributed by atoms with Gasteiger partial charge in [-0.3, -0.25) is 9.52 Å². The molecule has 146 valence electrons. The number of amides is 1. The number of rotatable bonds is 5. The lowest BCUT2D eigenvalue weighted by Gasteiger charge is -2.14. The lowest BCUT2D eigenvalue weighted by molar-refractivity contribution is -0.117. The second kappa shape index (κ2) is 8.93. The topological polar surface area (TPSA) is 87.3 Å². The van der Waals surface area contributed by atoms with Crippen molar-refractivity contribution in [2.24, 2.45) is 0 Å². The number of sulfonamides is 1.